The molecule has 1 aromatic heterocycles. The van der Waals surface area contributed by atoms with Crippen LogP contribution >= 0.6 is 0 Å². The molecule has 3 rings (SSSR count). The zero-order valence-corrected chi connectivity index (χ0v) is 12.8. The monoisotopic (exact) mass is 287 g/mol. The van der Waals surface area contributed by atoms with E-state index in [0.29, 0.717) is 0 Å². The Morgan fingerprint density at radius 2 is 2.05 bits per heavy atom. The van der Waals surface area contributed by atoms with Crippen LogP contribution in [0.3, 0.4) is 0 Å². The van der Waals surface area contributed by atoms with E-state index >= 15 is 0 Å². The van der Waals surface area contributed by atoms with Gasteiger partial charge in [-0.1, -0.05) is 0 Å². The standard InChI is InChI=1S/C17H25N3O/c1-13-4-5-16(12-19-13)17(21)20-9-6-14(7-10-20)15-3-2-8-18-11-15/h4-5,12,14-15,18H,2-3,6-11H2,1H3. The highest BCUT2D eigenvalue weighted by molar-refractivity contribution is 5.93. The maximum Gasteiger partial charge on any atom is 0.255 e. The van der Waals surface area contributed by atoms with E-state index in [2.05, 4.69) is 10.3 Å². The summed E-state index contributed by atoms with van der Waals surface area (Å²) in [7, 11) is 0. The summed E-state index contributed by atoms with van der Waals surface area (Å²) < 4.78 is 0. The first kappa shape index (κ1) is 14.5. The van der Waals surface area contributed by atoms with Gasteiger partial charge in [0.25, 0.3) is 5.91 Å². The molecule has 0 bridgehead atoms. The van der Waals surface area contributed by atoms with Gasteiger partial charge in [0.05, 0.1) is 5.56 Å². The first-order valence-corrected chi connectivity index (χ1v) is 8.16. The Kier molecular flexibility index (Phi) is 4.54. The maximum atomic E-state index is 12.5. The van der Waals surface area contributed by atoms with E-state index in [1.807, 2.05) is 24.0 Å². The fourth-order valence-corrected chi connectivity index (χ4v) is 3.63. The lowest BCUT2D eigenvalue weighted by atomic mass is 9.80. The van der Waals surface area contributed by atoms with Crippen LogP contribution in [0, 0.1) is 18.8 Å². The number of hydrogen-bond donors (Lipinski definition) is 1. The fourth-order valence-electron chi connectivity index (χ4n) is 3.63. The molecule has 4 nitrogen and oxygen atoms in total. The van der Waals surface area contributed by atoms with Gasteiger partial charge in [-0.05, 0) is 69.7 Å². The fraction of sp³-hybridized carbons (Fsp3) is 0.647. The van der Waals surface area contributed by atoms with Crippen molar-refractivity contribution in [2.75, 3.05) is 26.2 Å². The molecular formula is C17H25N3O. The average molecular weight is 287 g/mol. The molecule has 2 aliphatic heterocycles. The van der Waals surface area contributed by atoms with E-state index < -0.39 is 0 Å². The minimum absolute atomic E-state index is 0.141. The summed E-state index contributed by atoms with van der Waals surface area (Å²) in [6.45, 7) is 6.08. The molecule has 114 valence electrons. The lowest BCUT2D eigenvalue weighted by molar-refractivity contribution is 0.0645. The molecule has 1 N–H and O–H groups in total. The van der Waals surface area contributed by atoms with Crippen LogP contribution in [0.15, 0.2) is 18.3 Å². The van der Waals surface area contributed by atoms with E-state index in [0.717, 1.165) is 49.0 Å². The molecule has 4 heteroatoms. The Morgan fingerprint density at radius 3 is 2.67 bits per heavy atom. The second-order valence-electron chi connectivity index (χ2n) is 6.42. The first-order valence-electron chi connectivity index (χ1n) is 8.16. The van der Waals surface area contributed by atoms with Crippen molar-refractivity contribution in [3.8, 4) is 0 Å². The van der Waals surface area contributed by atoms with Crippen LogP contribution in [0.1, 0.15) is 41.7 Å². The predicted molar refractivity (Wildman–Crippen MR) is 83.2 cm³/mol. The highest BCUT2D eigenvalue weighted by atomic mass is 16.2. The average Bonchev–Trinajstić information content (AvgIpc) is 2.56. The SMILES string of the molecule is Cc1ccc(C(=O)N2CCC(C3CCCNC3)CC2)cn1. The van der Waals surface area contributed by atoms with Crippen molar-refractivity contribution in [1.29, 1.82) is 0 Å². The van der Waals surface area contributed by atoms with Gasteiger partial charge in [0, 0.05) is 25.0 Å². The molecule has 21 heavy (non-hydrogen) atoms. The Balaban J connectivity index is 1.55. The van der Waals surface area contributed by atoms with Crippen molar-refractivity contribution >= 4 is 5.91 Å². The van der Waals surface area contributed by atoms with Crippen LogP contribution in [0.2, 0.25) is 0 Å². The van der Waals surface area contributed by atoms with Crippen molar-refractivity contribution in [3.63, 3.8) is 0 Å². The number of pyridine rings is 1. The van der Waals surface area contributed by atoms with Crippen molar-refractivity contribution in [2.45, 2.75) is 32.6 Å². The van der Waals surface area contributed by atoms with Crippen LogP contribution in [0.5, 0.6) is 0 Å². The molecule has 1 amide bonds. The normalized spacial score (nSPS) is 24.0. The topological polar surface area (TPSA) is 45.2 Å². The van der Waals surface area contributed by atoms with Gasteiger partial charge in [0.1, 0.15) is 0 Å². The summed E-state index contributed by atoms with van der Waals surface area (Å²) in [6.07, 6.45) is 6.66. The number of aromatic nitrogens is 1. The Hall–Kier alpha value is -1.42. The molecule has 1 atom stereocenters. The molecule has 0 spiro atoms. The number of likely N-dealkylation sites (tertiary alicyclic amines) is 1. The first-order chi connectivity index (χ1) is 10.2. The second kappa shape index (κ2) is 6.56. The van der Waals surface area contributed by atoms with Crippen molar-refractivity contribution in [3.05, 3.63) is 29.6 Å². The Labute approximate surface area is 126 Å². The largest absolute Gasteiger partial charge is 0.339 e. The van der Waals surface area contributed by atoms with Gasteiger partial charge in [0.15, 0.2) is 0 Å². The minimum Gasteiger partial charge on any atom is -0.339 e. The molecule has 0 aromatic carbocycles. The molecule has 0 aliphatic carbocycles. The number of carbonyl (C=O) groups is 1. The molecular weight excluding hydrogens is 262 g/mol. The summed E-state index contributed by atoms with van der Waals surface area (Å²) in [5.41, 5.74) is 1.67. The molecule has 2 aliphatic rings. The molecule has 0 saturated carbocycles. The number of aryl methyl sites for hydroxylation is 1. The highest BCUT2D eigenvalue weighted by Crippen LogP contribution is 2.29. The smallest absolute Gasteiger partial charge is 0.255 e. The van der Waals surface area contributed by atoms with Gasteiger partial charge in [-0.25, -0.2) is 0 Å². The van der Waals surface area contributed by atoms with Gasteiger partial charge >= 0.3 is 0 Å². The summed E-state index contributed by atoms with van der Waals surface area (Å²) in [5.74, 6) is 1.75. The number of hydrogen-bond acceptors (Lipinski definition) is 3. The lowest BCUT2D eigenvalue weighted by Crippen LogP contribution is -2.43. The summed E-state index contributed by atoms with van der Waals surface area (Å²) in [4.78, 5) is 18.7. The summed E-state index contributed by atoms with van der Waals surface area (Å²) in [5, 5.41) is 3.51. The Bertz CT molecular complexity index is 471. The number of carbonyl (C=O) groups excluding carboxylic acids is 1. The van der Waals surface area contributed by atoms with Gasteiger partial charge in [-0.2, -0.15) is 0 Å². The number of piperidine rings is 2. The molecule has 1 aromatic rings. The van der Waals surface area contributed by atoms with E-state index in [-0.39, 0.29) is 5.91 Å². The van der Waals surface area contributed by atoms with E-state index in [4.69, 9.17) is 0 Å². The van der Waals surface area contributed by atoms with Crippen molar-refractivity contribution in [1.82, 2.24) is 15.2 Å². The van der Waals surface area contributed by atoms with Gasteiger partial charge < -0.3 is 10.2 Å². The zero-order valence-electron chi connectivity index (χ0n) is 12.8. The maximum absolute atomic E-state index is 12.5. The molecule has 2 fully saturated rings. The summed E-state index contributed by atoms with van der Waals surface area (Å²) >= 11 is 0. The third-order valence-electron chi connectivity index (χ3n) is 4.99. The van der Waals surface area contributed by atoms with Crippen LogP contribution in [0.4, 0.5) is 0 Å². The van der Waals surface area contributed by atoms with Crippen molar-refractivity contribution < 1.29 is 4.79 Å². The Morgan fingerprint density at radius 1 is 1.24 bits per heavy atom. The van der Waals surface area contributed by atoms with Gasteiger partial charge in [-0.3, -0.25) is 9.78 Å². The number of amides is 1. The summed E-state index contributed by atoms with van der Waals surface area (Å²) in [6, 6.07) is 3.80. The van der Waals surface area contributed by atoms with E-state index in [1.165, 1.54) is 25.9 Å². The number of nitrogens with one attached hydrogen (secondary N) is 1. The third-order valence-corrected chi connectivity index (χ3v) is 4.99. The highest BCUT2D eigenvalue weighted by Gasteiger charge is 2.29. The van der Waals surface area contributed by atoms with Crippen molar-refractivity contribution in [2.24, 2.45) is 11.8 Å². The van der Waals surface area contributed by atoms with Crippen LogP contribution in [-0.2, 0) is 0 Å². The van der Waals surface area contributed by atoms with E-state index in [9.17, 15) is 4.79 Å². The van der Waals surface area contributed by atoms with Gasteiger partial charge in [-0.15, -0.1) is 0 Å². The molecule has 0 radical (unpaired) electrons. The van der Waals surface area contributed by atoms with Crippen LogP contribution in [-0.4, -0.2) is 42.0 Å². The molecule has 2 saturated heterocycles. The number of nitrogens with zero attached hydrogens (tertiary/aromatic N) is 2. The molecule has 1 unspecified atom stereocenters. The zero-order chi connectivity index (χ0) is 14.7. The second-order valence-corrected chi connectivity index (χ2v) is 6.42. The van der Waals surface area contributed by atoms with E-state index in [1.54, 1.807) is 6.20 Å². The minimum atomic E-state index is 0.141. The molecule has 3 heterocycles. The van der Waals surface area contributed by atoms with Crippen LogP contribution < -0.4 is 5.32 Å². The van der Waals surface area contributed by atoms with Gasteiger partial charge in [0.2, 0.25) is 0 Å². The predicted octanol–water partition coefficient (Wildman–Crippen LogP) is 2.24. The number of rotatable bonds is 2. The van der Waals surface area contributed by atoms with Crippen LogP contribution in [0.25, 0.3) is 0 Å². The third kappa shape index (κ3) is 3.43. The lowest BCUT2D eigenvalue weighted by Gasteiger charge is -2.37. The quantitative estimate of drug-likeness (QED) is 0.907.